The average Bonchev–Trinajstić information content (AvgIpc) is 2.60. The first-order valence-electron chi connectivity index (χ1n) is 8.40. The quantitative estimate of drug-likeness (QED) is 0.785. The van der Waals surface area contributed by atoms with Gasteiger partial charge in [-0.3, -0.25) is 4.79 Å². The van der Waals surface area contributed by atoms with Gasteiger partial charge in [0.1, 0.15) is 5.56 Å². The minimum absolute atomic E-state index is 0.0790. The zero-order valence-electron chi connectivity index (χ0n) is 13.9. The van der Waals surface area contributed by atoms with E-state index in [0.29, 0.717) is 17.7 Å². The summed E-state index contributed by atoms with van der Waals surface area (Å²) in [5.74, 6) is -0.125. The molecule has 1 heterocycles. The van der Waals surface area contributed by atoms with E-state index in [-0.39, 0.29) is 27.2 Å². The zero-order chi connectivity index (χ0) is 18.0. The highest BCUT2D eigenvalue weighted by Gasteiger charge is 2.22. The molecule has 0 atom stereocenters. The number of hydrogen-bond donors (Lipinski definition) is 1. The Morgan fingerprint density at radius 1 is 1.28 bits per heavy atom. The van der Waals surface area contributed by atoms with Crippen LogP contribution in [-0.4, -0.2) is 18.6 Å². The summed E-state index contributed by atoms with van der Waals surface area (Å²) in [6.07, 6.45) is 5.18. The molecule has 0 radical (unpaired) electrons. The Labute approximate surface area is 155 Å². The minimum Gasteiger partial charge on any atom is -0.490 e. The average molecular weight is 384 g/mol. The number of benzene rings is 1. The lowest BCUT2D eigenvalue weighted by molar-refractivity contribution is 0.0924. The number of nitrogens with one attached hydrogen (secondary N) is 1. The molecule has 0 saturated heterocycles. The fraction of sp³-hybridized carbons (Fsp3) is 0.444. The van der Waals surface area contributed by atoms with Crippen LogP contribution >= 0.6 is 23.2 Å². The molecule has 2 aromatic rings. The molecule has 1 aliphatic rings. The maximum absolute atomic E-state index is 12.5. The van der Waals surface area contributed by atoms with Crippen LogP contribution in [0.15, 0.2) is 21.3 Å². The highest BCUT2D eigenvalue weighted by Crippen LogP contribution is 2.37. The molecule has 1 saturated carbocycles. The van der Waals surface area contributed by atoms with E-state index >= 15 is 0 Å². The summed E-state index contributed by atoms with van der Waals surface area (Å²) in [7, 11) is 0. The van der Waals surface area contributed by atoms with Gasteiger partial charge in [-0.25, -0.2) is 4.79 Å². The number of halogens is 2. The number of carbonyl (C=O) groups excluding carboxylic acids is 1. The molecule has 1 N–H and O–H groups in total. The van der Waals surface area contributed by atoms with Gasteiger partial charge in [0.05, 0.1) is 16.7 Å². The van der Waals surface area contributed by atoms with Crippen molar-refractivity contribution in [3.63, 3.8) is 0 Å². The second-order valence-corrected chi connectivity index (χ2v) is 6.89. The molecule has 25 heavy (non-hydrogen) atoms. The van der Waals surface area contributed by atoms with E-state index in [2.05, 4.69) is 5.32 Å². The summed E-state index contributed by atoms with van der Waals surface area (Å²) in [5.41, 5.74) is -0.611. The first-order valence-corrected chi connectivity index (χ1v) is 9.16. The predicted octanol–water partition coefficient (Wildman–Crippen LogP) is 4.56. The normalized spacial score (nSPS) is 15.3. The van der Waals surface area contributed by atoms with Gasteiger partial charge in [-0.1, -0.05) is 42.5 Å². The first kappa shape index (κ1) is 18.1. The van der Waals surface area contributed by atoms with E-state index in [1.165, 1.54) is 18.6 Å². The zero-order valence-corrected chi connectivity index (χ0v) is 15.4. The molecule has 134 valence electrons. The van der Waals surface area contributed by atoms with Crippen LogP contribution in [-0.2, 0) is 0 Å². The Bertz CT molecular complexity index is 856. The molecule has 0 spiro atoms. The van der Waals surface area contributed by atoms with E-state index in [0.717, 1.165) is 25.7 Å². The predicted molar refractivity (Wildman–Crippen MR) is 98.0 cm³/mol. The van der Waals surface area contributed by atoms with Crippen molar-refractivity contribution in [2.75, 3.05) is 6.61 Å². The van der Waals surface area contributed by atoms with Crippen LogP contribution in [0.25, 0.3) is 11.0 Å². The molecule has 0 bridgehead atoms. The molecule has 0 aliphatic heterocycles. The number of amides is 1. The van der Waals surface area contributed by atoms with Gasteiger partial charge in [0, 0.05) is 17.5 Å². The maximum Gasteiger partial charge on any atom is 0.349 e. The van der Waals surface area contributed by atoms with Crippen LogP contribution in [0.2, 0.25) is 10.0 Å². The fourth-order valence-electron chi connectivity index (χ4n) is 3.12. The molecular weight excluding hydrogens is 365 g/mol. The molecule has 3 rings (SSSR count). The number of carbonyl (C=O) groups is 1. The minimum atomic E-state index is -0.722. The third-order valence-electron chi connectivity index (χ3n) is 4.36. The van der Waals surface area contributed by atoms with E-state index in [1.807, 2.05) is 0 Å². The van der Waals surface area contributed by atoms with Crippen LogP contribution in [0.3, 0.4) is 0 Å². The highest BCUT2D eigenvalue weighted by molar-refractivity contribution is 6.45. The standard InChI is InChI=1S/C18H19Cl2NO4/c1-2-24-14-9-13(19)15(20)11-8-12(18(23)25-16(11)14)17(22)21-10-6-4-3-5-7-10/h8-10H,2-7H2,1H3,(H,21,22). The largest absolute Gasteiger partial charge is 0.490 e. The third-order valence-corrected chi connectivity index (χ3v) is 5.16. The lowest BCUT2D eigenvalue weighted by Crippen LogP contribution is -2.38. The molecule has 1 aromatic heterocycles. The fourth-order valence-corrected chi connectivity index (χ4v) is 3.52. The smallest absolute Gasteiger partial charge is 0.349 e. The van der Waals surface area contributed by atoms with Gasteiger partial charge >= 0.3 is 5.63 Å². The molecule has 7 heteroatoms. The topological polar surface area (TPSA) is 68.5 Å². The van der Waals surface area contributed by atoms with Crippen molar-refractivity contribution < 1.29 is 13.9 Å². The van der Waals surface area contributed by atoms with Gasteiger partial charge in [-0.15, -0.1) is 0 Å². The SMILES string of the molecule is CCOc1cc(Cl)c(Cl)c2cc(C(=O)NC3CCCCC3)c(=O)oc12. The van der Waals surface area contributed by atoms with Crippen LogP contribution < -0.4 is 15.7 Å². The van der Waals surface area contributed by atoms with Crippen LogP contribution in [0.1, 0.15) is 49.4 Å². The number of ether oxygens (including phenoxy) is 1. The monoisotopic (exact) mass is 383 g/mol. The van der Waals surface area contributed by atoms with Crippen LogP contribution in [0, 0.1) is 0 Å². The Morgan fingerprint density at radius 3 is 2.68 bits per heavy atom. The molecular formula is C18H19Cl2NO4. The Kier molecular flexibility index (Phi) is 5.54. The van der Waals surface area contributed by atoms with Gasteiger partial charge in [-0.2, -0.15) is 0 Å². The molecule has 0 unspecified atom stereocenters. The van der Waals surface area contributed by atoms with E-state index in [9.17, 15) is 9.59 Å². The summed E-state index contributed by atoms with van der Waals surface area (Å²) in [4.78, 5) is 24.8. The van der Waals surface area contributed by atoms with Crippen molar-refractivity contribution in [3.8, 4) is 5.75 Å². The maximum atomic E-state index is 12.5. The van der Waals surface area contributed by atoms with Crippen molar-refractivity contribution in [2.24, 2.45) is 0 Å². The highest BCUT2D eigenvalue weighted by atomic mass is 35.5. The molecule has 1 aromatic carbocycles. The summed E-state index contributed by atoms with van der Waals surface area (Å²) in [6, 6.07) is 3.02. The summed E-state index contributed by atoms with van der Waals surface area (Å²) in [6.45, 7) is 2.18. The van der Waals surface area contributed by atoms with Gasteiger partial charge in [0.25, 0.3) is 5.91 Å². The van der Waals surface area contributed by atoms with E-state index in [4.69, 9.17) is 32.4 Å². The second kappa shape index (κ2) is 7.67. The Balaban J connectivity index is 2.01. The van der Waals surface area contributed by atoms with Gasteiger partial charge in [-0.05, 0) is 25.8 Å². The Hall–Kier alpha value is -1.72. The lowest BCUT2D eigenvalue weighted by atomic mass is 9.95. The molecule has 1 aliphatic carbocycles. The van der Waals surface area contributed by atoms with Crippen molar-refractivity contribution in [2.45, 2.75) is 45.1 Å². The van der Waals surface area contributed by atoms with E-state index in [1.54, 1.807) is 6.92 Å². The number of rotatable bonds is 4. The van der Waals surface area contributed by atoms with Crippen molar-refractivity contribution in [3.05, 3.63) is 38.2 Å². The molecule has 1 fully saturated rings. The van der Waals surface area contributed by atoms with Gasteiger partial charge < -0.3 is 14.5 Å². The van der Waals surface area contributed by atoms with Gasteiger partial charge in [0.2, 0.25) is 0 Å². The third kappa shape index (κ3) is 3.77. The number of hydrogen-bond acceptors (Lipinski definition) is 4. The molecule has 1 amide bonds. The van der Waals surface area contributed by atoms with Crippen molar-refractivity contribution in [1.29, 1.82) is 0 Å². The van der Waals surface area contributed by atoms with E-state index < -0.39 is 11.5 Å². The second-order valence-electron chi connectivity index (χ2n) is 6.10. The van der Waals surface area contributed by atoms with Crippen molar-refractivity contribution in [1.82, 2.24) is 5.32 Å². The van der Waals surface area contributed by atoms with Crippen molar-refractivity contribution >= 4 is 40.1 Å². The molecule has 5 nitrogen and oxygen atoms in total. The Morgan fingerprint density at radius 2 is 2.00 bits per heavy atom. The van der Waals surface area contributed by atoms with Gasteiger partial charge in [0.15, 0.2) is 11.3 Å². The lowest BCUT2D eigenvalue weighted by Gasteiger charge is -2.22. The van der Waals surface area contributed by atoms with Crippen LogP contribution in [0.5, 0.6) is 5.75 Å². The number of fused-ring (bicyclic) bond motifs is 1. The summed E-state index contributed by atoms with van der Waals surface area (Å²) in [5, 5.41) is 3.78. The van der Waals surface area contributed by atoms with Crippen LogP contribution in [0.4, 0.5) is 0 Å². The first-order chi connectivity index (χ1) is 12.0. The summed E-state index contributed by atoms with van der Waals surface area (Å²) < 4.78 is 10.8. The summed E-state index contributed by atoms with van der Waals surface area (Å²) >= 11 is 12.4.